The van der Waals surface area contributed by atoms with E-state index in [1.807, 2.05) is 0 Å². The number of amides is 1. The van der Waals surface area contributed by atoms with Crippen LogP contribution in [0.25, 0.3) is 6.08 Å². The molecule has 0 bridgehead atoms. The van der Waals surface area contributed by atoms with E-state index >= 15 is 0 Å². The standard InChI is InChI=1S/C24H16ClF3N2O4S/c1-15-5-8-21(9-6-15)35(32,33)34-22-10-7-19(25)12-16(22)11-17(14-29)23(31)30-20-4-2-3-18(13-20)24(26,27)28/h2-13H,1H3,(H,30,31)/b17-11+. The molecule has 0 aliphatic carbocycles. The van der Waals surface area contributed by atoms with E-state index < -0.39 is 33.3 Å². The Hall–Kier alpha value is -3.81. The molecule has 35 heavy (non-hydrogen) atoms. The molecule has 0 heterocycles. The highest BCUT2D eigenvalue weighted by Crippen LogP contribution is 2.31. The highest BCUT2D eigenvalue weighted by atomic mass is 35.5. The predicted molar refractivity (Wildman–Crippen MR) is 124 cm³/mol. The Labute approximate surface area is 204 Å². The monoisotopic (exact) mass is 520 g/mol. The Kier molecular flexibility index (Phi) is 7.53. The number of benzene rings is 3. The van der Waals surface area contributed by atoms with Gasteiger partial charge in [-0.25, -0.2) is 0 Å². The van der Waals surface area contributed by atoms with Crippen molar-refractivity contribution in [3.05, 3.63) is 94.0 Å². The fourth-order valence-corrected chi connectivity index (χ4v) is 3.99. The first kappa shape index (κ1) is 25.8. The number of anilines is 1. The summed E-state index contributed by atoms with van der Waals surface area (Å²) in [4.78, 5) is 12.5. The van der Waals surface area contributed by atoms with Gasteiger partial charge in [0.15, 0.2) is 0 Å². The third-order valence-corrected chi connectivity index (χ3v) is 6.08. The molecule has 0 aliphatic rings. The van der Waals surface area contributed by atoms with E-state index in [4.69, 9.17) is 15.8 Å². The number of hydrogen-bond acceptors (Lipinski definition) is 5. The van der Waals surface area contributed by atoms with E-state index in [0.29, 0.717) is 0 Å². The highest BCUT2D eigenvalue weighted by molar-refractivity contribution is 7.87. The fourth-order valence-electron chi connectivity index (χ4n) is 2.86. The summed E-state index contributed by atoms with van der Waals surface area (Å²) in [6.45, 7) is 1.78. The van der Waals surface area contributed by atoms with Crippen molar-refractivity contribution in [1.82, 2.24) is 0 Å². The molecule has 0 spiro atoms. The number of carbonyl (C=O) groups excluding carboxylic acids is 1. The van der Waals surface area contributed by atoms with Crippen LogP contribution in [0.4, 0.5) is 18.9 Å². The maximum Gasteiger partial charge on any atom is 0.416 e. The van der Waals surface area contributed by atoms with Gasteiger partial charge in [-0.2, -0.15) is 26.9 Å². The quantitative estimate of drug-likeness (QED) is 0.245. The summed E-state index contributed by atoms with van der Waals surface area (Å²) < 4.78 is 69.4. The molecular formula is C24H16ClF3N2O4S. The lowest BCUT2D eigenvalue weighted by molar-refractivity contribution is -0.137. The molecule has 180 valence electrons. The van der Waals surface area contributed by atoms with Crippen molar-refractivity contribution >= 4 is 39.4 Å². The van der Waals surface area contributed by atoms with Crippen molar-refractivity contribution < 1.29 is 30.6 Å². The molecule has 0 aromatic heterocycles. The van der Waals surface area contributed by atoms with Crippen LogP contribution in [0.5, 0.6) is 5.75 Å². The van der Waals surface area contributed by atoms with Crippen molar-refractivity contribution in [2.75, 3.05) is 5.32 Å². The molecule has 3 aromatic carbocycles. The number of hydrogen-bond donors (Lipinski definition) is 1. The van der Waals surface area contributed by atoms with Crippen molar-refractivity contribution in [2.24, 2.45) is 0 Å². The topological polar surface area (TPSA) is 96.3 Å². The number of halogens is 4. The van der Waals surface area contributed by atoms with Gasteiger partial charge in [0.25, 0.3) is 5.91 Å². The minimum atomic E-state index is -4.62. The van der Waals surface area contributed by atoms with Crippen LogP contribution in [-0.4, -0.2) is 14.3 Å². The zero-order chi connectivity index (χ0) is 25.8. The molecule has 0 saturated carbocycles. The van der Waals surface area contributed by atoms with Crippen LogP contribution in [-0.2, 0) is 21.1 Å². The van der Waals surface area contributed by atoms with Crippen LogP contribution in [0.3, 0.4) is 0 Å². The summed E-state index contributed by atoms with van der Waals surface area (Å²) in [5.74, 6) is -1.23. The molecule has 11 heteroatoms. The maximum atomic E-state index is 12.9. The Bertz CT molecular complexity index is 1440. The second kappa shape index (κ2) is 10.2. The second-order valence-electron chi connectivity index (χ2n) is 7.24. The van der Waals surface area contributed by atoms with Gasteiger partial charge in [-0.3, -0.25) is 4.79 Å². The fraction of sp³-hybridized carbons (Fsp3) is 0.0833. The Morgan fingerprint density at radius 3 is 2.40 bits per heavy atom. The van der Waals surface area contributed by atoms with Gasteiger partial charge in [-0.1, -0.05) is 35.4 Å². The van der Waals surface area contributed by atoms with Gasteiger partial charge in [0.1, 0.15) is 22.3 Å². The lowest BCUT2D eigenvalue weighted by Gasteiger charge is -2.11. The smallest absolute Gasteiger partial charge is 0.378 e. The second-order valence-corrected chi connectivity index (χ2v) is 9.22. The average Bonchev–Trinajstić information content (AvgIpc) is 2.79. The van der Waals surface area contributed by atoms with Crippen LogP contribution in [0.15, 0.2) is 77.2 Å². The molecule has 0 aliphatic heterocycles. The highest BCUT2D eigenvalue weighted by Gasteiger charge is 2.30. The number of alkyl halides is 3. The zero-order valence-electron chi connectivity index (χ0n) is 17.9. The van der Waals surface area contributed by atoms with Crippen LogP contribution in [0.2, 0.25) is 5.02 Å². The van der Waals surface area contributed by atoms with Crippen molar-refractivity contribution in [2.45, 2.75) is 18.0 Å². The van der Waals surface area contributed by atoms with E-state index in [2.05, 4.69) is 5.32 Å². The molecular weight excluding hydrogens is 505 g/mol. The number of rotatable bonds is 6. The van der Waals surface area contributed by atoms with Crippen molar-refractivity contribution in [3.8, 4) is 11.8 Å². The molecule has 0 saturated heterocycles. The molecule has 0 unspecified atom stereocenters. The molecule has 0 radical (unpaired) electrons. The van der Waals surface area contributed by atoms with E-state index in [0.717, 1.165) is 29.8 Å². The summed E-state index contributed by atoms with van der Waals surface area (Å²) in [6.07, 6.45) is -3.60. The Balaban J connectivity index is 1.92. The van der Waals surface area contributed by atoms with E-state index in [1.54, 1.807) is 25.1 Å². The van der Waals surface area contributed by atoms with Crippen LogP contribution in [0, 0.1) is 18.3 Å². The van der Waals surface area contributed by atoms with E-state index in [-0.39, 0.29) is 26.9 Å². The van der Waals surface area contributed by atoms with Crippen LogP contribution in [0.1, 0.15) is 16.7 Å². The van der Waals surface area contributed by atoms with Gasteiger partial charge in [-0.05, 0) is 61.5 Å². The Morgan fingerprint density at radius 2 is 1.77 bits per heavy atom. The van der Waals surface area contributed by atoms with Crippen molar-refractivity contribution in [3.63, 3.8) is 0 Å². The molecule has 0 fully saturated rings. The molecule has 1 amide bonds. The van der Waals surface area contributed by atoms with E-state index in [1.165, 1.54) is 36.4 Å². The predicted octanol–water partition coefficient (Wildman–Crippen LogP) is 5.98. The number of carbonyl (C=O) groups is 1. The minimum Gasteiger partial charge on any atom is -0.378 e. The lowest BCUT2D eigenvalue weighted by Crippen LogP contribution is -2.15. The molecule has 3 rings (SSSR count). The third kappa shape index (κ3) is 6.62. The van der Waals surface area contributed by atoms with Gasteiger partial charge >= 0.3 is 16.3 Å². The summed E-state index contributed by atoms with van der Waals surface area (Å²) in [5.41, 5.74) is -0.865. The summed E-state index contributed by atoms with van der Waals surface area (Å²) >= 11 is 5.99. The lowest BCUT2D eigenvalue weighted by atomic mass is 10.1. The molecule has 0 atom stereocenters. The summed E-state index contributed by atoms with van der Waals surface area (Å²) in [6, 6.07) is 15.3. The first-order valence-corrected chi connectivity index (χ1v) is 11.6. The van der Waals surface area contributed by atoms with Gasteiger partial charge in [0.05, 0.1) is 5.56 Å². The number of aryl methyl sites for hydroxylation is 1. The van der Waals surface area contributed by atoms with Gasteiger partial charge in [0.2, 0.25) is 0 Å². The normalized spacial score (nSPS) is 12.1. The largest absolute Gasteiger partial charge is 0.416 e. The van der Waals surface area contributed by atoms with Crippen LogP contribution < -0.4 is 9.50 Å². The van der Waals surface area contributed by atoms with Crippen LogP contribution >= 0.6 is 11.6 Å². The third-order valence-electron chi connectivity index (χ3n) is 4.59. The van der Waals surface area contributed by atoms with Gasteiger partial charge in [-0.15, -0.1) is 0 Å². The summed E-state index contributed by atoms with van der Waals surface area (Å²) in [5, 5.41) is 11.8. The molecule has 1 N–H and O–H groups in total. The first-order valence-electron chi connectivity index (χ1n) is 9.80. The van der Waals surface area contributed by atoms with E-state index in [9.17, 15) is 31.6 Å². The first-order chi connectivity index (χ1) is 16.4. The number of nitrogens with one attached hydrogen (secondary N) is 1. The molecule has 3 aromatic rings. The average molecular weight is 521 g/mol. The van der Waals surface area contributed by atoms with Gasteiger partial charge in [0, 0.05) is 16.3 Å². The number of nitrogens with zero attached hydrogens (tertiary/aromatic N) is 1. The Morgan fingerprint density at radius 1 is 1.09 bits per heavy atom. The molecule has 6 nitrogen and oxygen atoms in total. The zero-order valence-corrected chi connectivity index (χ0v) is 19.5. The van der Waals surface area contributed by atoms with Crippen molar-refractivity contribution in [1.29, 1.82) is 5.26 Å². The minimum absolute atomic E-state index is 0.0103. The number of nitriles is 1. The summed E-state index contributed by atoms with van der Waals surface area (Å²) in [7, 11) is -4.26. The maximum absolute atomic E-state index is 12.9. The SMILES string of the molecule is Cc1ccc(S(=O)(=O)Oc2ccc(Cl)cc2/C=C(\C#N)C(=O)Nc2cccc(C(F)(F)F)c2)cc1. The van der Waals surface area contributed by atoms with Gasteiger partial charge < -0.3 is 9.50 Å².